The number of carbonyl (C=O) groups excluding carboxylic acids is 2. The third-order valence-electron chi connectivity index (χ3n) is 5.86. The van der Waals surface area contributed by atoms with Gasteiger partial charge < -0.3 is 4.74 Å². The maximum absolute atomic E-state index is 13.4. The Morgan fingerprint density at radius 2 is 1.64 bits per heavy atom. The Hall–Kier alpha value is -2.77. The van der Waals surface area contributed by atoms with E-state index in [9.17, 15) is 9.59 Å². The normalized spacial score (nSPS) is 27.3. The Bertz CT molecular complexity index is 902. The second-order valence-corrected chi connectivity index (χ2v) is 7.31. The van der Waals surface area contributed by atoms with Crippen molar-refractivity contribution in [2.24, 2.45) is 5.92 Å². The number of hydrazine groups is 1. The quantitative estimate of drug-likeness (QED) is 0.759. The van der Waals surface area contributed by atoms with Gasteiger partial charge in [0.2, 0.25) is 5.91 Å². The lowest BCUT2D eigenvalue weighted by atomic mass is 9.90. The molecule has 3 atom stereocenters. The SMILES string of the molecule is CCOc1ccc(N2C(=O)[C@@H]3[C@H](C2=O)N2CCCN2[C@H]3c2ccncc2)cc1. The van der Waals surface area contributed by atoms with Crippen molar-refractivity contribution in [1.82, 2.24) is 15.0 Å². The first kappa shape index (κ1) is 17.3. The Balaban J connectivity index is 1.52. The van der Waals surface area contributed by atoms with E-state index in [1.54, 1.807) is 36.7 Å². The highest BCUT2D eigenvalue weighted by molar-refractivity contribution is 6.24. The van der Waals surface area contributed by atoms with E-state index in [4.69, 9.17) is 4.74 Å². The number of hydrogen-bond acceptors (Lipinski definition) is 6. The number of hydrogen-bond donors (Lipinski definition) is 0. The lowest BCUT2D eigenvalue weighted by Crippen LogP contribution is -2.44. The zero-order valence-corrected chi connectivity index (χ0v) is 15.7. The maximum Gasteiger partial charge on any atom is 0.253 e. The fourth-order valence-corrected chi connectivity index (χ4v) is 4.79. The number of rotatable bonds is 4. The van der Waals surface area contributed by atoms with E-state index < -0.39 is 12.0 Å². The number of carbonyl (C=O) groups is 2. The van der Waals surface area contributed by atoms with Crippen LogP contribution in [0.5, 0.6) is 5.75 Å². The van der Waals surface area contributed by atoms with Gasteiger partial charge in [0.05, 0.1) is 24.3 Å². The number of ether oxygens (including phenoxy) is 1. The van der Waals surface area contributed by atoms with Crippen molar-refractivity contribution in [2.75, 3.05) is 24.6 Å². The van der Waals surface area contributed by atoms with Crippen molar-refractivity contribution in [3.63, 3.8) is 0 Å². The average molecular weight is 378 g/mol. The summed E-state index contributed by atoms with van der Waals surface area (Å²) in [6.07, 6.45) is 4.48. The highest BCUT2D eigenvalue weighted by atomic mass is 16.5. The third-order valence-corrected chi connectivity index (χ3v) is 5.86. The van der Waals surface area contributed by atoms with E-state index in [2.05, 4.69) is 15.0 Å². The van der Waals surface area contributed by atoms with E-state index in [1.807, 2.05) is 19.1 Å². The largest absolute Gasteiger partial charge is 0.494 e. The molecule has 1 aromatic heterocycles. The standard InChI is InChI=1S/C21H22N4O3/c1-2-28-16-6-4-15(5-7-16)25-20(26)17-18(14-8-10-22-11-9-14)23-12-3-13-24(23)19(17)21(25)27/h4-11,17-19H,2-3,12-13H2,1H3/t17-,18-,19+/m0/s1. The van der Waals surface area contributed by atoms with Crippen molar-refractivity contribution in [2.45, 2.75) is 25.4 Å². The van der Waals surface area contributed by atoms with Gasteiger partial charge in [0.25, 0.3) is 5.91 Å². The van der Waals surface area contributed by atoms with Crippen molar-refractivity contribution >= 4 is 17.5 Å². The molecule has 5 rings (SSSR count). The molecule has 0 bridgehead atoms. The number of benzene rings is 1. The fraction of sp³-hybridized carbons (Fsp3) is 0.381. The smallest absolute Gasteiger partial charge is 0.253 e. The summed E-state index contributed by atoms with van der Waals surface area (Å²) in [5.74, 6) is 0.0608. The Morgan fingerprint density at radius 1 is 0.964 bits per heavy atom. The molecule has 7 heteroatoms. The first-order valence-electron chi connectivity index (χ1n) is 9.74. The number of imide groups is 1. The number of amides is 2. The second-order valence-electron chi connectivity index (χ2n) is 7.31. The van der Waals surface area contributed by atoms with Crippen molar-refractivity contribution in [3.05, 3.63) is 54.4 Å². The minimum Gasteiger partial charge on any atom is -0.494 e. The number of pyridine rings is 1. The molecule has 0 spiro atoms. The molecule has 3 fully saturated rings. The van der Waals surface area contributed by atoms with Crippen molar-refractivity contribution in [3.8, 4) is 5.75 Å². The molecule has 2 aromatic rings. The molecule has 3 saturated heterocycles. The highest BCUT2D eigenvalue weighted by Gasteiger charge is 2.62. The topological polar surface area (TPSA) is 66.0 Å². The second kappa shape index (κ2) is 6.68. The van der Waals surface area contributed by atoms with Crippen LogP contribution in [0.25, 0.3) is 0 Å². The van der Waals surface area contributed by atoms with Crippen LogP contribution in [-0.4, -0.2) is 52.6 Å². The van der Waals surface area contributed by atoms with Gasteiger partial charge in [0.15, 0.2) is 0 Å². The van der Waals surface area contributed by atoms with Crippen LogP contribution in [0.4, 0.5) is 5.69 Å². The van der Waals surface area contributed by atoms with E-state index in [-0.39, 0.29) is 17.9 Å². The summed E-state index contributed by atoms with van der Waals surface area (Å²) in [5.41, 5.74) is 1.64. The third kappa shape index (κ3) is 2.47. The molecule has 0 radical (unpaired) electrons. The van der Waals surface area contributed by atoms with Gasteiger partial charge in [-0.1, -0.05) is 0 Å². The Labute approximate surface area is 163 Å². The molecule has 3 aliphatic heterocycles. The summed E-state index contributed by atoms with van der Waals surface area (Å²) >= 11 is 0. The minimum absolute atomic E-state index is 0.125. The van der Waals surface area contributed by atoms with E-state index in [1.165, 1.54) is 4.90 Å². The molecule has 28 heavy (non-hydrogen) atoms. The predicted octanol–water partition coefficient (Wildman–Crippen LogP) is 2.02. The lowest BCUT2D eigenvalue weighted by molar-refractivity contribution is -0.126. The summed E-state index contributed by atoms with van der Waals surface area (Å²) in [7, 11) is 0. The molecule has 0 N–H and O–H groups in total. The summed E-state index contributed by atoms with van der Waals surface area (Å²) in [4.78, 5) is 32.2. The zero-order valence-electron chi connectivity index (χ0n) is 15.7. The maximum atomic E-state index is 13.4. The summed E-state index contributed by atoms with van der Waals surface area (Å²) in [5, 5.41) is 4.31. The minimum atomic E-state index is -0.431. The first-order chi connectivity index (χ1) is 13.7. The van der Waals surface area contributed by atoms with Gasteiger partial charge in [-0.05, 0) is 55.3 Å². The number of fused-ring (bicyclic) bond motifs is 3. The fourth-order valence-electron chi connectivity index (χ4n) is 4.79. The predicted molar refractivity (Wildman–Crippen MR) is 102 cm³/mol. The molecule has 1 aromatic carbocycles. The molecule has 0 saturated carbocycles. The number of anilines is 1. The first-order valence-corrected chi connectivity index (χ1v) is 9.74. The summed E-state index contributed by atoms with van der Waals surface area (Å²) in [6, 6.07) is 10.5. The molecule has 144 valence electrons. The van der Waals surface area contributed by atoms with Gasteiger partial charge >= 0.3 is 0 Å². The van der Waals surface area contributed by atoms with Crippen molar-refractivity contribution in [1.29, 1.82) is 0 Å². The van der Waals surface area contributed by atoms with Crippen LogP contribution >= 0.6 is 0 Å². The van der Waals surface area contributed by atoms with Gasteiger partial charge in [-0.3, -0.25) is 14.6 Å². The molecule has 3 aliphatic rings. The molecule has 2 amide bonds. The van der Waals surface area contributed by atoms with Crippen LogP contribution in [0.1, 0.15) is 24.9 Å². The number of aromatic nitrogens is 1. The monoisotopic (exact) mass is 378 g/mol. The van der Waals surface area contributed by atoms with E-state index in [0.29, 0.717) is 12.3 Å². The van der Waals surface area contributed by atoms with Crippen LogP contribution in [0.15, 0.2) is 48.8 Å². The Kier molecular flexibility index (Phi) is 4.14. The summed E-state index contributed by atoms with van der Waals surface area (Å²) in [6.45, 7) is 4.16. The molecule has 7 nitrogen and oxygen atoms in total. The molecular formula is C21H22N4O3. The van der Waals surface area contributed by atoms with Gasteiger partial charge in [0.1, 0.15) is 11.8 Å². The molecule has 0 aliphatic carbocycles. The molecular weight excluding hydrogens is 356 g/mol. The van der Waals surface area contributed by atoms with Crippen LogP contribution in [-0.2, 0) is 9.59 Å². The van der Waals surface area contributed by atoms with Gasteiger partial charge in [-0.2, -0.15) is 0 Å². The van der Waals surface area contributed by atoms with E-state index in [0.717, 1.165) is 30.8 Å². The van der Waals surface area contributed by atoms with Gasteiger partial charge in [-0.25, -0.2) is 14.9 Å². The number of nitrogens with zero attached hydrogens (tertiary/aromatic N) is 4. The van der Waals surface area contributed by atoms with Crippen LogP contribution in [0, 0.1) is 5.92 Å². The van der Waals surface area contributed by atoms with Crippen LogP contribution in [0.3, 0.4) is 0 Å². The van der Waals surface area contributed by atoms with Gasteiger partial charge in [0, 0.05) is 25.5 Å². The zero-order chi connectivity index (χ0) is 19.3. The van der Waals surface area contributed by atoms with Crippen LogP contribution < -0.4 is 9.64 Å². The summed E-state index contributed by atoms with van der Waals surface area (Å²) < 4.78 is 5.47. The Morgan fingerprint density at radius 3 is 2.32 bits per heavy atom. The average Bonchev–Trinajstić information content (AvgIpc) is 3.36. The van der Waals surface area contributed by atoms with E-state index >= 15 is 0 Å². The van der Waals surface area contributed by atoms with Crippen LogP contribution in [0.2, 0.25) is 0 Å². The molecule has 4 heterocycles. The lowest BCUT2D eigenvalue weighted by Gasteiger charge is -2.29. The van der Waals surface area contributed by atoms with Gasteiger partial charge in [-0.15, -0.1) is 0 Å². The molecule has 0 unspecified atom stereocenters. The highest BCUT2D eigenvalue weighted by Crippen LogP contribution is 2.48. The van der Waals surface area contributed by atoms with Crippen molar-refractivity contribution < 1.29 is 14.3 Å².